The molecular formula is C52H46N2. The van der Waals surface area contributed by atoms with Crippen LogP contribution in [0.15, 0.2) is 205 Å². The fourth-order valence-electron chi connectivity index (χ4n) is 8.01. The minimum Gasteiger partial charge on any atom is -0.358 e. The van der Waals surface area contributed by atoms with Crippen molar-refractivity contribution in [1.82, 2.24) is 9.88 Å². The lowest BCUT2D eigenvalue weighted by Crippen LogP contribution is -2.17. The summed E-state index contributed by atoms with van der Waals surface area (Å²) in [5.41, 5.74) is 16.7. The number of nitrogens with one attached hydrogen (secondary N) is 1. The lowest BCUT2D eigenvalue weighted by molar-refractivity contribution is 0.909. The van der Waals surface area contributed by atoms with Crippen LogP contribution in [0, 0.1) is 0 Å². The number of benzene rings is 4. The normalized spacial score (nSPS) is 16.1. The molecule has 5 aromatic rings. The number of allylic oxidation sites excluding steroid dienone is 18. The van der Waals surface area contributed by atoms with Crippen LogP contribution >= 0.6 is 0 Å². The molecule has 0 saturated carbocycles. The minimum atomic E-state index is 0.903. The summed E-state index contributed by atoms with van der Waals surface area (Å²) in [7, 11) is 0. The molecule has 0 fully saturated rings. The topological polar surface area (TPSA) is 17.0 Å². The Morgan fingerprint density at radius 1 is 0.685 bits per heavy atom. The third kappa shape index (κ3) is 7.04. The standard InChI is InChI=1S/C52H46N2/c1-3-4-5-6-7-8-9-10-12-22-38(2)41-29-21-31-49(41)53-50-30-19-17-27-46(50)45-35-34-42(43-25-15-16-26-44(43)45)39-33-36-52-48(37-39)47-28-18-20-32-51(47)54(52)40-23-13-11-14-24-40/h3-15,18,20-25,27-30,32-37,53H,1,16-17,19,26,31H2,2H3/b5-4-,7-6-,9-8+,12-10-,38-22+. The van der Waals surface area contributed by atoms with Crippen LogP contribution in [0.1, 0.15) is 49.3 Å². The Morgan fingerprint density at radius 3 is 2.28 bits per heavy atom. The van der Waals surface area contributed by atoms with E-state index in [0.717, 1.165) is 32.1 Å². The average molecular weight is 699 g/mol. The molecule has 0 amide bonds. The van der Waals surface area contributed by atoms with Gasteiger partial charge >= 0.3 is 0 Å². The Labute approximate surface area is 319 Å². The van der Waals surface area contributed by atoms with Crippen LogP contribution in [-0.2, 0) is 6.42 Å². The summed E-state index contributed by atoms with van der Waals surface area (Å²) < 4.78 is 2.39. The van der Waals surface area contributed by atoms with Crippen molar-refractivity contribution in [3.8, 4) is 16.8 Å². The third-order valence-corrected chi connectivity index (χ3v) is 10.5. The summed E-state index contributed by atoms with van der Waals surface area (Å²) >= 11 is 0. The van der Waals surface area contributed by atoms with Crippen molar-refractivity contribution in [1.29, 1.82) is 0 Å². The van der Waals surface area contributed by atoms with E-state index in [-0.39, 0.29) is 0 Å². The maximum Gasteiger partial charge on any atom is 0.0541 e. The van der Waals surface area contributed by atoms with Crippen molar-refractivity contribution in [2.24, 2.45) is 0 Å². The van der Waals surface area contributed by atoms with Gasteiger partial charge in [0.1, 0.15) is 0 Å². The van der Waals surface area contributed by atoms with E-state index >= 15 is 0 Å². The molecule has 0 radical (unpaired) electrons. The van der Waals surface area contributed by atoms with Crippen LogP contribution in [0.3, 0.4) is 0 Å². The summed E-state index contributed by atoms with van der Waals surface area (Å²) in [4.78, 5) is 0. The van der Waals surface area contributed by atoms with Crippen LogP contribution in [0.5, 0.6) is 0 Å². The average Bonchev–Trinajstić information content (AvgIpc) is 3.82. The number of nitrogens with zero attached hydrogens (tertiary/aromatic N) is 1. The quantitative estimate of drug-likeness (QED) is 0.136. The zero-order valence-corrected chi connectivity index (χ0v) is 31.0. The van der Waals surface area contributed by atoms with Gasteiger partial charge in [-0.15, -0.1) is 0 Å². The van der Waals surface area contributed by atoms with Gasteiger partial charge in [0.15, 0.2) is 0 Å². The Kier molecular flexibility index (Phi) is 10.3. The van der Waals surface area contributed by atoms with Crippen molar-refractivity contribution in [3.05, 3.63) is 222 Å². The number of para-hydroxylation sites is 2. The zero-order valence-electron chi connectivity index (χ0n) is 31.0. The smallest absolute Gasteiger partial charge is 0.0541 e. The van der Waals surface area contributed by atoms with E-state index in [9.17, 15) is 0 Å². The van der Waals surface area contributed by atoms with Gasteiger partial charge in [-0.05, 0) is 102 Å². The second-order valence-electron chi connectivity index (χ2n) is 14.0. The second kappa shape index (κ2) is 16.1. The molecule has 4 aromatic carbocycles. The lowest BCUT2D eigenvalue weighted by atomic mass is 9.82. The van der Waals surface area contributed by atoms with Gasteiger partial charge < -0.3 is 9.88 Å². The summed E-state index contributed by atoms with van der Waals surface area (Å²) in [6.07, 6.45) is 39.3. The van der Waals surface area contributed by atoms with Gasteiger partial charge in [0.2, 0.25) is 0 Å². The highest BCUT2D eigenvalue weighted by Gasteiger charge is 2.23. The summed E-state index contributed by atoms with van der Waals surface area (Å²) in [5.74, 6) is 0. The summed E-state index contributed by atoms with van der Waals surface area (Å²) in [6, 6.07) is 31.3. The fourth-order valence-corrected chi connectivity index (χ4v) is 8.01. The summed E-state index contributed by atoms with van der Waals surface area (Å²) in [5, 5.41) is 6.49. The van der Waals surface area contributed by atoms with E-state index < -0.39 is 0 Å². The van der Waals surface area contributed by atoms with Crippen LogP contribution in [0.2, 0.25) is 0 Å². The highest BCUT2D eigenvalue weighted by Crippen LogP contribution is 2.41. The first-order chi connectivity index (χ1) is 26.7. The molecule has 0 spiro atoms. The molecule has 54 heavy (non-hydrogen) atoms. The predicted octanol–water partition coefficient (Wildman–Crippen LogP) is 13.6. The van der Waals surface area contributed by atoms with Gasteiger partial charge in [-0.2, -0.15) is 0 Å². The van der Waals surface area contributed by atoms with Crippen LogP contribution in [0.4, 0.5) is 0 Å². The number of rotatable bonds is 11. The molecule has 3 aliphatic carbocycles. The maximum absolute atomic E-state index is 3.93. The molecule has 0 aliphatic heterocycles. The maximum atomic E-state index is 3.93. The Morgan fingerprint density at radius 2 is 1.43 bits per heavy atom. The highest BCUT2D eigenvalue weighted by molar-refractivity contribution is 6.10. The fraction of sp³-hybridized carbons (Fsp3) is 0.115. The Balaban J connectivity index is 1.10. The van der Waals surface area contributed by atoms with Crippen LogP contribution in [0.25, 0.3) is 50.3 Å². The minimum absolute atomic E-state index is 0.903. The molecule has 0 atom stereocenters. The molecule has 2 nitrogen and oxygen atoms in total. The van der Waals surface area contributed by atoms with Crippen LogP contribution < -0.4 is 5.32 Å². The molecule has 2 heteroatoms. The van der Waals surface area contributed by atoms with Crippen molar-refractivity contribution >= 4 is 33.5 Å². The Bertz CT molecular complexity index is 2550. The molecule has 0 bridgehead atoms. The van der Waals surface area contributed by atoms with E-state index in [1.165, 1.54) is 83.4 Å². The molecule has 264 valence electrons. The molecule has 1 heterocycles. The van der Waals surface area contributed by atoms with Crippen molar-refractivity contribution in [2.45, 2.75) is 39.0 Å². The van der Waals surface area contributed by atoms with E-state index in [0.29, 0.717) is 0 Å². The monoisotopic (exact) mass is 698 g/mol. The predicted molar refractivity (Wildman–Crippen MR) is 233 cm³/mol. The molecule has 1 aromatic heterocycles. The van der Waals surface area contributed by atoms with E-state index in [4.69, 9.17) is 0 Å². The SMILES string of the molecule is C=C\C=C/C=C\C=C\C=C/C=C(\C)C1=C(NC2=CCCC=C2c2ccc(-c3ccc4c(c3)c3ccccc3n4-c3ccccc3)c3c2CCC=C3)CC=C1. The zero-order chi connectivity index (χ0) is 36.7. The Hall–Kier alpha value is -6.38. The molecule has 3 aliphatic rings. The first-order valence-electron chi connectivity index (χ1n) is 19.2. The number of aromatic nitrogens is 1. The number of hydrogen-bond donors (Lipinski definition) is 1. The van der Waals surface area contributed by atoms with E-state index in [2.05, 4.69) is 163 Å². The first-order valence-corrected chi connectivity index (χ1v) is 19.2. The molecular weight excluding hydrogens is 653 g/mol. The van der Waals surface area contributed by atoms with Crippen molar-refractivity contribution in [3.63, 3.8) is 0 Å². The number of fused-ring (bicyclic) bond motifs is 4. The van der Waals surface area contributed by atoms with E-state index in [1.807, 2.05) is 36.5 Å². The van der Waals surface area contributed by atoms with Crippen LogP contribution in [-0.4, -0.2) is 4.57 Å². The van der Waals surface area contributed by atoms with Gasteiger partial charge in [0.25, 0.3) is 0 Å². The van der Waals surface area contributed by atoms with E-state index in [1.54, 1.807) is 6.08 Å². The third-order valence-electron chi connectivity index (χ3n) is 10.5. The van der Waals surface area contributed by atoms with Crippen molar-refractivity contribution in [2.75, 3.05) is 0 Å². The van der Waals surface area contributed by atoms with Gasteiger partial charge in [0, 0.05) is 39.8 Å². The first kappa shape index (κ1) is 34.7. The van der Waals surface area contributed by atoms with Gasteiger partial charge in [-0.1, -0.05) is 158 Å². The molecule has 0 unspecified atom stereocenters. The number of hydrogen-bond acceptors (Lipinski definition) is 1. The molecule has 8 rings (SSSR count). The largest absolute Gasteiger partial charge is 0.358 e. The van der Waals surface area contributed by atoms with Gasteiger partial charge in [-0.25, -0.2) is 0 Å². The summed E-state index contributed by atoms with van der Waals surface area (Å²) in [6.45, 7) is 5.89. The van der Waals surface area contributed by atoms with Gasteiger partial charge in [0.05, 0.1) is 11.0 Å². The highest BCUT2D eigenvalue weighted by atomic mass is 15.0. The van der Waals surface area contributed by atoms with Crippen molar-refractivity contribution < 1.29 is 0 Å². The molecule has 1 N–H and O–H groups in total. The molecule has 0 saturated heterocycles. The lowest BCUT2D eigenvalue weighted by Gasteiger charge is -2.25. The van der Waals surface area contributed by atoms with Gasteiger partial charge in [-0.3, -0.25) is 0 Å². The second-order valence-corrected chi connectivity index (χ2v) is 14.0.